The minimum absolute atomic E-state index is 0.114. The van der Waals surface area contributed by atoms with E-state index >= 15 is 0 Å². The summed E-state index contributed by atoms with van der Waals surface area (Å²) < 4.78 is 12.5. The molecule has 0 aliphatic carbocycles. The monoisotopic (exact) mass is 128 g/mol. The molecular weight excluding hydrogens is 115 g/mol. The van der Waals surface area contributed by atoms with Crippen LogP contribution in [-0.2, 0) is 0 Å². The Hall–Kier alpha value is -0.590. The molecule has 0 heterocycles. The lowest BCUT2D eigenvalue weighted by molar-refractivity contribution is 0.653. The van der Waals surface area contributed by atoms with Gasteiger partial charge in [-0.3, -0.25) is 0 Å². The lowest BCUT2D eigenvalue weighted by Crippen LogP contribution is -1.69. The first-order valence-corrected chi connectivity index (χ1v) is 3.18. The standard InChI is InChI=1S/C8H13F/c1-4-5-6-8(9)7(2)3/h5-6H,4H2,1-3H3/b6-5-. The van der Waals surface area contributed by atoms with Crippen molar-refractivity contribution in [3.05, 3.63) is 23.6 Å². The van der Waals surface area contributed by atoms with Crippen molar-refractivity contribution in [1.82, 2.24) is 0 Å². The van der Waals surface area contributed by atoms with E-state index in [4.69, 9.17) is 0 Å². The van der Waals surface area contributed by atoms with Crippen molar-refractivity contribution < 1.29 is 4.39 Å². The second-order valence-electron chi connectivity index (χ2n) is 2.16. The number of hydrogen-bond acceptors (Lipinski definition) is 0. The van der Waals surface area contributed by atoms with E-state index in [-0.39, 0.29) is 5.83 Å². The predicted molar refractivity (Wildman–Crippen MR) is 38.9 cm³/mol. The molecule has 0 spiro atoms. The van der Waals surface area contributed by atoms with Crippen molar-refractivity contribution in [3.8, 4) is 0 Å². The van der Waals surface area contributed by atoms with Crippen LogP contribution in [0.25, 0.3) is 0 Å². The fourth-order valence-corrected chi connectivity index (χ4v) is 0.388. The summed E-state index contributed by atoms with van der Waals surface area (Å²) in [5.41, 5.74) is 0.736. The van der Waals surface area contributed by atoms with Crippen molar-refractivity contribution in [1.29, 1.82) is 0 Å². The van der Waals surface area contributed by atoms with Gasteiger partial charge in [0.15, 0.2) is 0 Å². The molecule has 1 heteroatoms. The van der Waals surface area contributed by atoms with Crippen LogP contribution < -0.4 is 0 Å². The molecule has 0 aromatic carbocycles. The van der Waals surface area contributed by atoms with Crippen molar-refractivity contribution in [2.45, 2.75) is 27.2 Å². The highest BCUT2D eigenvalue weighted by Gasteiger charge is 1.87. The van der Waals surface area contributed by atoms with Crippen molar-refractivity contribution in [2.75, 3.05) is 0 Å². The van der Waals surface area contributed by atoms with E-state index in [1.807, 2.05) is 13.0 Å². The van der Waals surface area contributed by atoms with Crippen LogP contribution in [0.2, 0.25) is 0 Å². The Kier molecular flexibility index (Phi) is 4.02. The van der Waals surface area contributed by atoms with E-state index < -0.39 is 0 Å². The van der Waals surface area contributed by atoms with Crippen LogP contribution >= 0.6 is 0 Å². The Labute approximate surface area is 56.1 Å². The minimum Gasteiger partial charge on any atom is -0.207 e. The quantitative estimate of drug-likeness (QED) is 0.501. The number of rotatable bonds is 2. The SMILES string of the molecule is CC/C=C\C(F)=C(C)C. The zero-order chi connectivity index (χ0) is 7.28. The molecule has 0 aromatic rings. The van der Waals surface area contributed by atoms with Gasteiger partial charge in [0.05, 0.1) is 0 Å². The Morgan fingerprint density at radius 2 is 2.00 bits per heavy atom. The molecule has 0 fully saturated rings. The molecule has 0 unspecified atom stereocenters. The highest BCUT2D eigenvalue weighted by molar-refractivity contribution is 5.15. The summed E-state index contributed by atoms with van der Waals surface area (Å²) in [7, 11) is 0. The number of allylic oxidation sites excluding steroid dienone is 4. The lowest BCUT2D eigenvalue weighted by atomic mass is 10.3. The molecule has 0 saturated carbocycles. The van der Waals surface area contributed by atoms with Gasteiger partial charge >= 0.3 is 0 Å². The Morgan fingerprint density at radius 1 is 1.44 bits per heavy atom. The molecule has 0 nitrogen and oxygen atoms in total. The molecule has 52 valence electrons. The molecule has 0 aromatic heterocycles. The third-order valence-electron chi connectivity index (χ3n) is 0.978. The van der Waals surface area contributed by atoms with Gasteiger partial charge in [0.2, 0.25) is 0 Å². The zero-order valence-electron chi connectivity index (χ0n) is 6.24. The molecule has 0 aliphatic rings. The first-order chi connectivity index (χ1) is 4.18. The normalized spacial score (nSPS) is 10.2. The van der Waals surface area contributed by atoms with Gasteiger partial charge in [-0.05, 0) is 31.9 Å². The molecule has 9 heavy (non-hydrogen) atoms. The molecule has 0 amide bonds. The molecular formula is C8H13F. The highest BCUT2D eigenvalue weighted by atomic mass is 19.1. The maximum Gasteiger partial charge on any atom is 0.121 e. The van der Waals surface area contributed by atoms with Crippen LogP contribution in [0.3, 0.4) is 0 Å². The third kappa shape index (κ3) is 3.95. The topological polar surface area (TPSA) is 0 Å². The molecule has 0 atom stereocenters. The number of halogens is 1. The first kappa shape index (κ1) is 8.41. The van der Waals surface area contributed by atoms with Crippen molar-refractivity contribution >= 4 is 0 Å². The first-order valence-electron chi connectivity index (χ1n) is 3.18. The Balaban J connectivity index is 3.91. The summed E-state index contributed by atoms with van der Waals surface area (Å²) in [5.74, 6) is -0.114. The van der Waals surface area contributed by atoms with E-state index in [9.17, 15) is 4.39 Å². The molecule has 0 rings (SSSR count). The highest BCUT2D eigenvalue weighted by Crippen LogP contribution is 2.05. The summed E-state index contributed by atoms with van der Waals surface area (Å²) in [4.78, 5) is 0. The van der Waals surface area contributed by atoms with Gasteiger partial charge in [-0.2, -0.15) is 0 Å². The zero-order valence-corrected chi connectivity index (χ0v) is 6.24. The molecule has 0 N–H and O–H groups in total. The average molecular weight is 128 g/mol. The fourth-order valence-electron chi connectivity index (χ4n) is 0.388. The van der Waals surface area contributed by atoms with E-state index in [2.05, 4.69) is 0 Å². The van der Waals surface area contributed by atoms with E-state index in [1.165, 1.54) is 6.08 Å². The third-order valence-corrected chi connectivity index (χ3v) is 0.978. The molecule has 0 radical (unpaired) electrons. The van der Waals surface area contributed by atoms with E-state index in [0.717, 1.165) is 12.0 Å². The maximum atomic E-state index is 12.5. The van der Waals surface area contributed by atoms with Gasteiger partial charge in [-0.15, -0.1) is 0 Å². The summed E-state index contributed by atoms with van der Waals surface area (Å²) in [5, 5.41) is 0. The van der Waals surface area contributed by atoms with Crippen LogP contribution in [0.4, 0.5) is 4.39 Å². The van der Waals surface area contributed by atoms with Crippen LogP contribution in [0.1, 0.15) is 27.2 Å². The van der Waals surface area contributed by atoms with Gasteiger partial charge in [-0.1, -0.05) is 13.0 Å². The predicted octanol–water partition coefficient (Wildman–Crippen LogP) is 3.22. The van der Waals surface area contributed by atoms with Gasteiger partial charge in [0, 0.05) is 0 Å². The number of hydrogen-bond donors (Lipinski definition) is 0. The van der Waals surface area contributed by atoms with Crippen molar-refractivity contribution in [3.63, 3.8) is 0 Å². The van der Waals surface area contributed by atoms with Crippen LogP contribution in [0, 0.1) is 0 Å². The van der Waals surface area contributed by atoms with Crippen molar-refractivity contribution in [2.24, 2.45) is 0 Å². The van der Waals surface area contributed by atoms with Gasteiger partial charge in [0.25, 0.3) is 0 Å². The lowest BCUT2D eigenvalue weighted by Gasteiger charge is -1.88. The summed E-state index contributed by atoms with van der Waals surface area (Å²) in [6, 6.07) is 0. The molecule has 0 aliphatic heterocycles. The average Bonchev–Trinajstić information content (AvgIpc) is 1.82. The maximum absolute atomic E-state index is 12.5. The summed E-state index contributed by atoms with van der Waals surface area (Å²) in [6.07, 6.45) is 4.21. The van der Waals surface area contributed by atoms with Gasteiger partial charge in [0.1, 0.15) is 5.83 Å². The van der Waals surface area contributed by atoms with Crippen LogP contribution in [-0.4, -0.2) is 0 Å². The largest absolute Gasteiger partial charge is 0.207 e. The van der Waals surface area contributed by atoms with Gasteiger partial charge < -0.3 is 0 Å². The van der Waals surface area contributed by atoms with E-state index in [0.29, 0.717) is 0 Å². The molecule has 0 saturated heterocycles. The van der Waals surface area contributed by atoms with Crippen LogP contribution in [0.5, 0.6) is 0 Å². The Bertz CT molecular complexity index is 128. The van der Waals surface area contributed by atoms with Gasteiger partial charge in [-0.25, -0.2) is 4.39 Å². The summed E-state index contributed by atoms with van der Waals surface area (Å²) >= 11 is 0. The smallest absolute Gasteiger partial charge is 0.121 e. The second kappa shape index (κ2) is 4.30. The second-order valence-corrected chi connectivity index (χ2v) is 2.16. The molecule has 0 bridgehead atoms. The Morgan fingerprint density at radius 3 is 2.33 bits per heavy atom. The van der Waals surface area contributed by atoms with E-state index in [1.54, 1.807) is 13.8 Å². The fraction of sp³-hybridized carbons (Fsp3) is 0.500. The summed E-state index contributed by atoms with van der Waals surface area (Å²) in [6.45, 7) is 5.50. The minimum atomic E-state index is -0.114. The van der Waals surface area contributed by atoms with Crippen LogP contribution in [0.15, 0.2) is 23.6 Å².